The standard InChI is InChI=1S/C21H10Br2N6OS2/c22-20-26-7-15(31-20)28-9-13(11-3-1-5-24-18(11)28)17(30)14-10-29(16-8-27-21(23)32-16)19-12(14)4-2-6-25-19/h1-10H. The number of pyridine rings is 2. The third-order valence-electron chi connectivity index (χ3n) is 5.02. The van der Waals surface area contributed by atoms with E-state index in [1.807, 2.05) is 45.8 Å². The van der Waals surface area contributed by atoms with E-state index in [4.69, 9.17) is 0 Å². The molecule has 7 nitrogen and oxygen atoms in total. The van der Waals surface area contributed by atoms with E-state index in [1.165, 1.54) is 22.7 Å². The van der Waals surface area contributed by atoms with Crippen LogP contribution < -0.4 is 0 Å². The van der Waals surface area contributed by atoms with Crippen LogP contribution >= 0.6 is 54.5 Å². The SMILES string of the molecule is O=C(c1cn(-c2cnc(Br)s2)c2ncccc12)c1cn(-c2cnc(Br)s2)c2ncccc12. The number of carbonyl (C=O) groups is 1. The summed E-state index contributed by atoms with van der Waals surface area (Å²) in [5.41, 5.74) is 2.57. The Morgan fingerprint density at radius 3 is 1.62 bits per heavy atom. The highest BCUT2D eigenvalue weighted by molar-refractivity contribution is 9.11. The molecule has 0 aliphatic rings. The third kappa shape index (κ3) is 3.15. The summed E-state index contributed by atoms with van der Waals surface area (Å²) in [6.45, 7) is 0. The number of hydrogen-bond donors (Lipinski definition) is 0. The number of carbonyl (C=O) groups excluding carboxylic acids is 1. The van der Waals surface area contributed by atoms with Gasteiger partial charge in [-0.2, -0.15) is 0 Å². The number of thiazole rings is 2. The molecule has 0 aromatic carbocycles. The highest BCUT2D eigenvalue weighted by Gasteiger charge is 2.23. The number of rotatable bonds is 4. The highest BCUT2D eigenvalue weighted by Crippen LogP contribution is 2.33. The number of ketones is 1. The lowest BCUT2D eigenvalue weighted by Crippen LogP contribution is -2.00. The van der Waals surface area contributed by atoms with E-state index in [2.05, 4.69) is 51.8 Å². The van der Waals surface area contributed by atoms with Crippen LogP contribution in [0.2, 0.25) is 0 Å². The normalized spacial score (nSPS) is 11.6. The Hall–Kier alpha value is -2.73. The summed E-state index contributed by atoms with van der Waals surface area (Å²) in [4.78, 5) is 31.4. The Labute approximate surface area is 205 Å². The molecule has 6 rings (SSSR count). The van der Waals surface area contributed by atoms with Crippen molar-refractivity contribution in [3.63, 3.8) is 0 Å². The Morgan fingerprint density at radius 1 is 0.750 bits per heavy atom. The Bertz CT molecular complexity index is 1530. The maximum absolute atomic E-state index is 13.8. The van der Waals surface area contributed by atoms with Gasteiger partial charge in [-0.15, -0.1) is 0 Å². The summed E-state index contributed by atoms with van der Waals surface area (Å²) < 4.78 is 5.34. The number of hydrogen-bond acceptors (Lipinski definition) is 7. The molecule has 0 saturated heterocycles. The monoisotopic (exact) mass is 584 g/mol. The number of aromatic nitrogens is 6. The molecule has 11 heteroatoms. The van der Waals surface area contributed by atoms with E-state index >= 15 is 0 Å². The molecule has 0 saturated carbocycles. The molecule has 32 heavy (non-hydrogen) atoms. The van der Waals surface area contributed by atoms with Crippen molar-refractivity contribution >= 4 is 82.4 Å². The zero-order valence-corrected chi connectivity index (χ0v) is 20.7. The van der Waals surface area contributed by atoms with Gasteiger partial charge >= 0.3 is 0 Å². The van der Waals surface area contributed by atoms with E-state index < -0.39 is 0 Å². The van der Waals surface area contributed by atoms with E-state index in [0.29, 0.717) is 22.4 Å². The van der Waals surface area contributed by atoms with Crippen molar-refractivity contribution in [2.24, 2.45) is 0 Å². The van der Waals surface area contributed by atoms with E-state index in [9.17, 15) is 4.79 Å². The molecular weight excluding hydrogens is 576 g/mol. The molecule has 0 radical (unpaired) electrons. The van der Waals surface area contributed by atoms with Crippen molar-refractivity contribution in [1.29, 1.82) is 0 Å². The first-order valence-electron chi connectivity index (χ1n) is 9.30. The Kier molecular flexibility index (Phi) is 4.79. The van der Waals surface area contributed by atoms with Gasteiger partial charge in [0.2, 0.25) is 0 Å². The Balaban J connectivity index is 1.56. The summed E-state index contributed by atoms with van der Waals surface area (Å²) in [6.07, 6.45) is 10.6. The molecule has 6 aromatic heterocycles. The highest BCUT2D eigenvalue weighted by atomic mass is 79.9. The number of nitrogens with zero attached hydrogens (tertiary/aromatic N) is 6. The molecule has 0 aliphatic heterocycles. The second kappa shape index (κ2) is 7.69. The van der Waals surface area contributed by atoms with Crippen molar-refractivity contribution in [1.82, 2.24) is 29.1 Å². The molecule has 0 spiro atoms. The lowest BCUT2D eigenvalue weighted by molar-refractivity contribution is 0.104. The van der Waals surface area contributed by atoms with Crippen LogP contribution in [0.15, 0.2) is 69.3 Å². The minimum absolute atomic E-state index is 0.0920. The molecule has 0 amide bonds. The smallest absolute Gasteiger partial charge is 0.197 e. The van der Waals surface area contributed by atoms with Gasteiger partial charge in [-0.25, -0.2) is 19.9 Å². The van der Waals surface area contributed by atoms with Crippen LogP contribution in [0.5, 0.6) is 0 Å². The van der Waals surface area contributed by atoms with Gasteiger partial charge in [0.15, 0.2) is 13.6 Å². The van der Waals surface area contributed by atoms with Gasteiger partial charge in [0.25, 0.3) is 0 Å². The molecular formula is C21H10Br2N6OS2. The first-order valence-corrected chi connectivity index (χ1v) is 12.5. The lowest BCUT2D eigenvalue weighted by Gasteiger charge is -1.98. The van der Waals surface area contributed by atoms with Crippen LogP contribution in [0.1, 0.15) is 15.9 Å². The summed E-state index contributed by atoms with van der Waals surface area (Å²) >= 11 is 9.77. The van der Waals surface area contributed by atoms with Crippen LogP contribution in [0, 0.1) is 0 Å². The predicted octanol–water partition coefficient (Wildman–Crippen LogP) is 6.03. The van der Waals surface area contributed by atoms with Crippen LogP contribution in [0.3, 0.4) is 0 Å². The summed E-state index contributed by atoms with van der Waals surface area (Å²) in [5, 5.41) is 3.32. The molecule has 0 fully saturated rings. The zero-order valence-electron chi connectivity index (χ0n) is 15.9. The quantitative estimate of drug-likeness (QED) is 0.236. The van der Waals surface area contributed by atoms with Crippen LogP contribution in [0.25, 0.3) is 32.1 Å². The minimum atomic E-state index is -0.0920. The topological polar surface area (TPSA) is 78.5 Å². The molecule has 0 bridgehead atoms. The van der Waals surface area contributed by atoms with Gasteiger partial charge in [0.05, 0.1) is 23.5 Å². The maximum atomic E-state index is 13.8. The molecule has 156 valence electrons. The molecule has 0 atom stereocenters. The third-order valence-corrected chi connectivity index (χ3v) is 7.97. The van der Waals surface area contributed by atoms with E-state index in [-0.39, 0.29) is 5.78 Å². The van der Waals surface area contributed by atoms with Crippen LogP contribution in [-0.2, 0) is 0 Å². The summed E-state index contributed by atoms with van der Waals surface area (Å²) in [6, 6.07) is 7.51. The summed E-state index contributed by atoms with van der Waals surface area (Å²) in [7, 11) is 0. The van der Waals surface area contributed by atoms with Crippen LogP contribution in [0.4, 0.5) is 0 Å². The van der Waals surface area contributed by atoms with Gasteiger partial charge in [-0.05, 0) is 56.1 Å². The van der Waals surface area contributed by atoms with Crippen molar-refractivity contribution < 1.29 is 4.79 Å². The fourth-order valence-corrected chi connectivity index (χ4v) is 6.12. The first kappa shape index (κ1) is 19.9. The van der Waals surface area contributed by atoms with Gasteiger partial charge in [-0.1, -0.05) is 22.7 Å². The molecule has 0 aliphatic carbocycles. The van der Waals surface area contributed by atoms with E-state index in [1.54, 1.807) is 24.8 Å². The Morgan fingerprint density at radius 2 is 1.22 bits per heavy atom. The number of fused-ring (bicyclic) bond motifs is 2. The fraction of sp³-hybridized carbons (Fsp3) is 0. The predicted molar refractivity (Wildman–Crippen MR) is 132 cm³/mol. The molecule has 0 unspecified atom stereocenters. The average Bonchev–Trinajstić information content (AvgIpc) is 3.58. The minimum Gasteiger partial charge on any atom is -0.290 e. The van der Waals surface area contributed by atoms with Crippen molar-refractivity contribution in [2.45, 2.75) is 0 Å². The van der Waals surface area contributed by atoms with Crippen LogP contribution in [-0.4, -0.2) is 34.9 Å². The number of halogens is 2. The second-order valence-electron chi connectivity index (χ2n) is 6.81. The van der Waals surface area contributed by atoms with Gasteiger partial charge in [-0.3, -0.25) is 13.9 Å². The fourth-order valence-electron chi connectivity index (χ4n) is 3.67. The van der Waals surface area contributed by atoms with Gasteiger partial charge in [0.1, 0.15) is 21.3 Å². The maximum Gasteiger partial charge on any atom is 0.197 e. The molecule has 6 aromatic rings. The van der Waals surface area contributed by atoms with Gasteiger partial charge < -0.3 is 0 Å². The van der Waals surface area contributed by atoms with Crippen molar-refractivity contribution in [2.75, 3.05) is 0 Å². The summed E-state index contributed by atoms with van der Waals surface area (Å²) in [5.74, 6) is -0.0920. The zero-order chi connectivity index (χ0) is 21.8. The molecule has 0 N–H and O–H groups in total. The first-order chi connectivity index (χ1) is 15.6. The lowest BCUT2D eigenvalue weighted by atomic mass is 10.0. The average molecular weight is 586 g/mol. The van der Waals surface area contributed by atoms with Gasteiger partial charge in [0, 0.05) is 35.6 Å². The van der Waals surface area contributed by atoms with Crippen molar-refractivity contribution in [3.8, 4) is 10.0 Å². The van der Waals surface area contributed by atoms with E-state index in [0.717, 1.165) is 28.6 Å². The largest absolute Gasteiger partial charge is 0.290 e. The second-order valence-corrected chi connectivity index (χ2v) is 11.4. The molecule has 6 heterocycles. The van der Waals surface area contributed by atoms with Crippen molar-refractivity contribution in [3.05, 3.63) is 80.4 Å².